The minimum atomic E-state index is -0.292. The van der Waals surface area contributed by atoms with E-state index in [1.54, 1.807) is 0 Å². The highest BCUT2D eigenvalue weighted by Crippen LogP contribution is 2.23. The molecular formula is C23H23N3O2. The van der Waals surface area contributed by atoms with Gasteiger partial charge in [-0.05, 0) is 30.9 Å². The molecule has 3 aromatic rings. The second-order valence-electron chi connectivity index (χ2n) is 6.67. The van der Waals surface area contributed by atoms with Crippen LogP contribution in [0.3, 0.4) is 0 Å². The molecule has 0 heterocycles. The van der Waals surface area contributed by atoms with Crippen molar-refractivity contribution in [3.8, 4) is 0 Å². The molecule has 0 unspecified atom stereocenters. The van der Waals surface area contributed by atoms with E-state index in [1.807, 2.05) is 80.6 Å². The third-order valence-corrected chi connectivity index (χ3v) is 4.46. The topological polar surface area (TPSA) is 70.6 Å². The minimum Gasteiger partial charge on any atom is -0.326 e. The number of aryl methyl sites for hydroxylation is 1. The number of amides is 2. The summed E-state index contributed by atoms with van der Waals surface area (Å²) in [6.45, 7) is 3.85. The fraction of sp³-hybridized carbons (Fsp3) is 0.174. The summed E-state index contributed by atoms with van der Waals surface area (Å²) >= 11 is 0. The normalized spacial score (nSPS) is 11.3. The molecule has 0 aromatic heterocycles. The maximum Gasteiger partial charge on any atom is 0.240 e. The van der Waals surface area contributed by atoms with Gasteiger partial charge in [0.1, 0.15) is 0 Å². The van der Waals surface area contributed by atoms with Crippen LogP contribution in [0.15, 0.2) is 71.8 Å². The highest BCUT2D eigenvalue weighted by Gasteiger charge is 2.09. The zero-order chi connectivity index (χ0) is 19.9. The van der Waals surface area contributed by atoms with Gasteiger partial charge in [0.05, 0.1) is 5.71 Å². The highest BCUT2D eigenvalue weighted by molar-refractivity contribution is 6.03. The molecule has 0 saturated carbocycles. The number of rotatable bonds is 6. The van der Waals surface area contributed by atoms with Crippen LogP contribution >= 0.6 is 0 Å². The average Bonchev–Trinajstić information content (AvgIpc) is 2.71. The molecule has 142 valence electrons. The standard InChI is InChI=1S/C23H23N3O2/c1-16-10-12-18(13-11-16)17(2)25-26-23(28)15-14-22(27)24-21-9-5-7-19-6-3-4-8-20(19)21/h3-13H,14-15H2,1-2H3,(H,24,27)(H,26,28)/b25-17+. The van der Waals surface area contributed by atoms with Crippen molar-refractivity contribution in [3.63, 3.8) is 0 Å². The van der Waals surface area contributed by atoms with Gasteiger partial charge in [-0.3, -0.25) is 9.59 Å². The molecule has 0 fully saturated rings. The summed E-state index contributed by atoms with van der Waals surface area (Å²) in [5, 5.41) is 9.02. The number of hydrogen-bond acceptors (Lipinski definition) is 3. The summed E-state index contributed by atoms with van der Waals surface area (Å²) in [7, 11) is 0. The zero-order valence-corrected chi connectivity index (χ0v) is 16.0. The molecule has 0 saturated heterocycles. The van der Waals surface area contributed by atoms with Gasteiger partial charge >= 0.3 is 0 Å². The molecule has 3 aromatic carbocycles. The lowest BCUT2D eigenvalue weighted by atomic mass is 10.1. The monoisotopic (exact) mass is 373 g/mol. The van der Waals surface area contributed by atoms with E-state index < -0.39 is 0 Å². The van der Waals surface area contributed by atoms with Gasteiger partial charge in [-0.25, -0.2) is 5.43 Å². The van der Waals surface area contributed by atoms with Crippen molar-refractivity contribution in [3.05, 3.63) is 77.9 Å². The maximum atomic E-state index is 12.2. The van der Waals surface area contributed by atoms with Crippen molar-refractivity contribution in [2.45, 2.75) is 26.7 Å². The lowest BCUT2D eigenvalue weighted by molar-refractivity contribution is -0.124. The van der Waals surface area contributed by atoms with Crippen LogP contribution in [0.25, 0.3) is 10.8 Å². The summed E-state index contributed by atoms with van der Waals surface area (Å²) < 4.78 is 0. The van der Waals surface area contributed by atoms with Crippen LogP contribution in [0.5, 0.6) is 0 Å². The Balaban J connectivity index is 1.52. The molecule has 0 atom stereocenters. The van der Waals surface area contributed by atoms with E-state index in [2.05, 4.69) is 15.8 Å². The SMILES string of the molecule is C/C(=N\NC(=O)CCC(=O)Nc1cccc2ccccc12)c1ccc(C)cc1. The Bertz CT molecular complexity index is 1020. The molecule has 2 amide bonds. The third kappa shape index (κ3) is 5.04. The van der Waals surface area contributed by atoms with E-state index in [0.29, 0.717) is 5.71 Å². The highest BCUT2D eigenvalue weighted by atomic mass is 16.2. The predicted octanol–water partition coefficient (Wildman–Crippen LogP) is 4.41. The van der Waals surface area contributed by atoms with E-state index in [0.717, 1.165) is 27.6 Å². The summed E-state index contributed by atoms with van der Waals surface area (Å²) in [5.41, 5.74) is 6.09. The second kappa shape index (κ2) is 8.95. The molecule has 5 nitrogen and oxygen atoms in total. The zero-order valence-electron chi connectivity index (χ0n) is 16.0. The molecule has 0 bridgehead atoms. The molecule has 0 aliphatic heterocycles. The molecule has 28 heavy (non-hydrogen) atoms. The molecule has 0 aliphatic rings. The van der Waals surface area contributed by atoms with E-state index >= 15 is 0 Å². The van der Waals surface area contributed by atoms with Crippen molar-refractivity contribution in [1.29, 1.82) is 0 Å². The fourth-order valence-electron chi connectivity index (χ4n) is 2.84. The number of nitrogens with one attached hydrogen (secondary N) is 2. The van der Waals surface area contributed by atoms with Crippen LogP contribution < -0.4 is 10.7 Å². The van der Waals surface area contributed by atoms with E-state index in [1.165, 1.54) is 0 Å². The van der Waals surface area contributed by atoms with Gasteiger partial charge in [0.25, 0.3) is 0 Å². The maximum absolute atomic E-state index is 12.2. The molecule has 3 rings (SSSR count). The smallest absolute Gasteiger partial charge is 0.240 e. The number of anilines is 1. The summed E-state index contributed by atoms with van der Waals surface area (Å²) in [6, 6.07) is 21.5. The van der Waals surface area contributed by atoms with Gasteiger partial charge in [-0.2, -0.15) is 5.10 Å². The van der Waals surface area contributed by atoms with Crippen LogP contribution in [0.4, 0.5) is 5.69 Å². The van der Waals surface area contributed by atoms with Crippen LogP contribution in [0.2, 0.25) is 0 Å². The quantitative estimate of drug-likeness (QED) is 0.496. The second-order valence-corrected chi connectivity index (χ2v) is 6.67. The Kier molecular flexibility index (Phi) is 6.17. The molecule has 0 aliphatic carbocycles. The van der Waals surface area contributed by atoms with E-state index in [9.17, 15) is 9.59 Å². The van der Waals surface area contributed by atoms with Gasteiger partial charge < -0.3 is 5.32 Å². The van der Waals surface area contributed by atoms with Crippen molar-refractivity contribution in [2.24, 2.45) is 5.10 Å². The summed E-state index contributed by atoms with van der Waals surface area (Å²) in [5.74, 6) is -0.495. The number of nitrogens with zero attached hydrogens (tertiary/aromatic N) is 1. The number of carbonyl (C=O) groups is 2. The Hall–Kier alpha value is -3.47. The first-order valence-electron chi connectivity index (χ1n) is 9.21. The van der Waals surface area contributed by atoms with Gasteiger partial charge in [0, 0.05) is 23.9 Å². The molecular weight excluding hydrogens is 350 g/mol. The van der Waals surface area contributed by atoms with Gasteiger partial charge in [0.2, 0.25) is 11.8 Å². The molecule has 0 radical (unpaired) electrons. The number of benzene rings is 3. The lowest BCUT2D eigenvalue weighted by Crippen LogP contribution is -2.21. The van der Waals surface area contributed by atoms with E-state index in [4.69, 9.17) is 0 Å². The number of hydrazone groups is 1. The molecule has 0 spiro atoms. The lowest BCUT2D eigenvalue weighted by Gasteiger charge is -2.08. The average molecular weight is 373 g/mol. The summed E-state index contributed by atoms with van der Waals surface area (Å²) in [4.78, 5) is 24.2. The first kappa shape index (κ1) is 19.3. The number of carbonyl (C=O) groups excluding carboxylic acids is 2. The molecule has 2 N–H and O–H groups in total. The van der Waals surface area contributed by atoms with Crippen LogP contribution in [-0.4, -0.2) is 17.5 Å². The van der Waals surface area contributed by atoms with Crippen LogP contribution in [0, 0.1) is 6.92 Å². The largest absolute Gasteiger partial charge is 0.326 e. The first-order chi connectivity index (χ1) is 13.5. The third-order valence-electron chi connectivity index (χ3n) is 4.46. The Morgan fingerprint density at radius 3 is 2.32 bits per heavy atom. The van der Waals surface area contributed by atoms with Crippen molar-refractivity contribution in [1.82, 2.24) is 5.43 Å². The van der Waals surface area contributed by atoms with E-state index in [-0.39, 0.29) is 24.7 Å². The minimum absolute atomic E-state index is 0.0707. The molecule has 5 heteroatoms. The van der Waals surface area contributed by atoms with Gasteiger partial charge in [0.15, 0.2) is 0 Å². The summed E-state index contributed by atoms with van der Waals surface area (Å²) in [6.07, 6.45) is 0.162. The number of hydrogen-bond donors (Lipinski definition) is 2. The number of fused-ring (bicyclic) bond motifs is 1. The van der Waals surface area contributed by atoms with Crippen LogP contribution in [-0.2, 0) is 9.59 Å². The van der Waals surface area contributed by atoms with Crippen molar-refractivity contribution >= 4 is 34.0 Å². The van der Waals surface area contributed by atoms with Crippen molar-refractivity contribution in [2.75, 3.05) is 5.32 Å². The Labute approximate surface area is 164 Å². The van der Waals surface area contributed by atoms with Gasteiger partial charge in [-0.1, -0.05) is 66.2 Å². The Morgan fingerprint density at radius 1 is 0.857 bits per heavy atom. The first-order valence-corrected chi connectivity index (χ1v) is 9.21. The predicted molar refractivity (Wildman–Crippen MR) is 113 cm³/mol. The van der Waals surface area contributed by atoms with Crippen LogP contribution in [0.1, 0.15) is 30.9 Å². The van der Waals surface area contributed by atoms with Gasteiger partial charge in [-0.15, -0.1) is 0 Å². The fourth-order valence-corrected chi connectivity index (χ4v) is 2.84. The van der Waals surface area contributed by atoms with Crippen molar-refractivity contribution < 1.29 is 9.59 Å². The Morgan fingerprint density at radius 2 is 1.54 bits per heavy atom.